The Hall–Kier alpha value is -2.66. The van der Waals surface area contributed by atoms with Crippen molar-refractivity contribution < 1.29 is 19.8 Å². The lowest BCUT2D eigenvalue weighted by Crippen LogP contribution is -2.38. The van der Waals surface area contributed by atoms with Gasteiger partial charge in [0.25, 0.3) is 0 Å². The number of hydrogen-bond donors (Lipinski definition) is 3. The average Bonchev–Trinajstić information content (AvgIpc) is 2.58. The summed E-state index contributed by atoms with van der Waals surface area (Å²) < 4.78 is 0. The van der Waals surface area contributed by atoms with Gasteiger partial charge in [-0.2, -0.15) is 0 Å². The van der Waals surface area contributed by atoms with Gasteiger partial charge < -0.3 is 15.5 Å². The highest BCUT2D eigenvalue weighted by atomic mass is 16.3. The van der Waals surface area contributed by atoms with Gasteiger partial charge in [-0.15, -0.1) is 0 Å². The maximum Gasteiger partial charge on any atom is 0.231 e. The number of phenols is 1. The first-order chi connectivity index (χ1) is 11.1. The Morgan fingerprint density at radius 1 is 1.00 bits per heavy atom. The highest BCUT2D eigenvalue weighted by Gasteiger charge is 2.29. The van der Waals surface area contributed by atoms with Gasteiger partial charge in [-0.25, -0.2) is 0 Å². The Bertz CT molecular complexity index is 670. The van der Waals surface area contributed by atoms with E-state index in [4.69, 9.17) is 5.11 Å². The molecule has 1 atom stereocenters. The second kappa shape index (κ2) is 8.10. The van der Waals surface area contributed by atoms with Crippen molar-refractivity contribution >= 4 is 11.7 Å². The van der Waals surface area contributed by atoms with Crippen LogP contribution in [0.4, 0.5) is 0 Å². The molecule has 0 aromatic heterocycles. The molecule has 0 radical (unpaired) electrons. The van der Waals surface area contributed by atoms with Crippen molar-refractivity contribution in [2.75, 3.05) is 13.2 Å². The van der Waals surface area contributed by atoms with Crippen molar-refractivity contribution in [2.45, 2.75) is 6.42 Å². The molecule has 0 aliphatic rings. The summed E-state index contributed by atoms with van der Waals surface area (Å²) >= 11 is 0. The molecular weight excluding hydrogens is 294 g/mol. The summed E-state index contributed by atoms with van der Waals surface area (Å²) in [6.07, 6.45) is 0.227. The van der Waals surface area contributed by atoms with Crippen molar-refractivity contribution in [3.05, 3.63) is 65.7 Å². The molecule has 5 heteroatoms. The average molecular weight is 313 g/mol. The monoisotopic (exact) mass is 313 g/mol. The first kappa shape index (κ1) is 16.7. The van der Waals surface area contributed by atoms with Crippen molar-refractivity contribution in [3.63, 3.8) is 0 Å². The van der Waals surface area contributed by atoms with Crippen molar-refractivity contribution in [1.29, 1.82) is 0 Å². The van der Waals surface area contributed by atoms with Gasteiger partial charge in [-0.3, -0.25) is 9.59 Å². The van der Waals surface area contributed by atoms with Crippen LogP contribution >= 0.6 is 0 Å². The predicted octanol–water partition coefficient (Wildman–Crippen LogP) is 1.54. The van der Waals surface area contributed by atoms with Crippen LogP contribution in [0.2, 0.25) is 0 Å². The zero-order valence-electron chi connectivity index (χ0n) is 12.6. The lowest BCUT2D eigenvalue weighted by Gasteiger charge is -2.16. The third kappa shape index (κ3) is 4.40. The fraction of sp³-hybridized carbons (Fsp3) is 0.222. The number of rotatable bonds is 7. The number of Topliss-reactive ketones (excluding diaryl/α,β-unsaturated/α-hetero) is 1. The maximum atomic E-state index is 12.7. The zero-order valence-corrected chi connectivity index (χ0v) is 12.6. The Kier molecular flexibility index (Phi) is 5.88. The van der Waals surface area contributed by atoms with Crippen LogP contribution in [0.3, 0.4) is 0 Å². The molecule has 2 rings (SSSR count). The highest BCUT2D eigenvalue weighted by molar-refractivity contribution is 6.11. The molecule has 0 fully saturated rings. The standard InChI is InChI=1S/C18H19NO4/c20-11-10-19-18(23)15(12-13-6-2-1-3-7-13)17(22)14-8-4-5-9-16(14)21/h1-9,15,20-21H,10-12H2,(H,19,23). The van der Waals surface area contributed by atoms with Crippen LogP contribution in [0, 0.1) is 5.92 Å². The van der Waals surface area contributed by atoms with Gasteiger partial charge in [0.05, 0.1) is 12.2 Å². The van der Waals surface area contributed by atoms with Gasteiger partial charge in [-0.1, -0.05) is 42.5 Å². The van der Waals surface area contributed by atoms with E-state index in [0.717, 1.165) is 5.56 Å². The van der Waals surface area contributed by atoms with Crippen molar-refractivity contribution in [1.82, 2.24) is 5.32 Å². The molecule has 120 valence electrons. The third-order valence-corrected chi connectivity index (χ3v) is 3.50. The summed E-state index contributed by atoms with van der Waals surface area (Å²) in [5.74, 6) is -2.01. The summed E-state index contributed by atoms with van der Waals surface area (Å²) in [7, 11) is 0. The first-order valence-electron chi connectivity index (χ1n) is 7.38. The summed E-state index contributed by atoms with van der Waals surface area (Å²) in [4.78, 5) is 25.0. The number of aromatic hydroxyl groups is 1. The van der Waals surface area contributed by atoms with Crippen LogP contribution in [0.15, 0.2) is 54.6 Å². The number of aliphatic hydroxyl groups is 1. The van der Waals surface area contributed by atoms with E-state index in [-0.39, 0.29) is 30.9 Å². The first-order valence-corrected chi connectivity index (χ1v) is 7.38. The number of carbonyl (C=O) groups is 2. The van der Waals surface area contributed by atoms with Gasteiger partial charge in [-0.05, 0) is 24.1 Å². The van der Waals surface area contributed by atoms with Crippen LogP contribution in [0.5, 0.6) is 5.75 Å². The number of nitrogens with one attached hydrogen (secondary N) is 1. The van der Waals surface area contributed by atoms with E-state index < -0.39 is 17.6 Å². The van der Waals surface area contributed by atoms with E-state index in [1.54, 1.807) is 12.1 Å². The third-order valence-electron chi connectivity index (χ3n) is 3.50. The van der Waals surface area contributed by atoms with Crippen LogP contribution in [-0.2, 0) is 11.2 Å². The molecule has 5 nitrogen and oxygen atoms in total. The number of carbonyl (C=O) groups excluding carboxylic acids is 2. The minimum atomic E-state index is -0.961. The predicted molar refractivity (Wildman–Crippen MR) is 86.2 cm³/mol. The molecule has 2 aromatic rings. The number of ketones is 1. The fourth-order valence-electron chi connectivity index (χ4n) is 2.33. The van der Waals surface area contributed by atoms with Crippen LogP contribution in [-0.4, -0.2) is 35.1 Å². The topological polar surface area (TPSA) is 86.6 Å². The summed E-state index contributed by atoms with van der Waals surface area (Å²) in [6.45, 7) is -0.118. The summed E-state index contributed by atoms with van der Waals surface area (Å²) in [5.41, 5.74) is 0.966. The van der Waals surface area contributed by atoms with Gasteiger partial charge in [0.1, 0.15) is 11.7 Å². The minimum absolute atomic E-state index is 0.0815. The Labute approximate surface area is 134 Å². The fourth-order valence-corrected chi connectivity index (χ4v) is 2.33. The van der Waals surface area contributed by atoms with E-state index in [1.165, 1.54) is 12.1 Å². The largest absolute Gasteiger partial charge is 0.507 e. The molecule has 2 aromatic carbocycles. The Morgan fingerprint density at radius 2 is 1.65 bits per heavy atom. The van der Waals surface area contributed by atoms with Crippen molar-refractivity contribution in [2.24, 2.45) is 5.92 Å². The van der Waals surface area contributed by atoms with Gasteiger partial charge in [0, 0.05) is 6.54 Å². The van der Waals surface area contributed by atoms with Gasteiger partial charge in [0.15, 0.2) is 5.78 Å². The van der Waals surface area contributed by atoms with E-state index in [1.807, 2.05) is 30.3 Å². The number of hydrogen-bond acceptors (Lipinski definition) is 4. The normalized spacial score (nSPS) is 11.7. The molecule has 23 heavy (non-hydrogen) atoms. The molecule has 1 amide bonds. The molecule has 0 spiro atoms. The number of aliphatic hydroxyl groups excluding tert-OH is 1. The SMILES string of the molecule is O=C(NCCO)C(Cc1ccccc1)C(=O)c1ccccc1O. The Balaban J connectivity index is 2.27. The van der Waals surface area contributed by atoms with Gasteiger partial charge >= 0.3 is 0 Å². The second-order valence-corrected chi connectivity index (χ2v) is 5.14. The molecule has 1 unspecified atom stereocenters. The van der Waals surface area contributed by atoms with Crippen LogP contribution < -0.4 is 5.32 Å². The second-order valence-electron chi connectivity index (χ2n) is 5.14. The number of amides is 1. The molecule has 0 aliphatic heterocycles. The summed E-state index contributed by atoms with van der Waals surface area (Å²) in [5, 5.41) is 21.2. The van der Waals surface area contributed by atoms with E-state index in [9.17, 15) is 14.7 Å². The lowest BCUT2D eigenvalue weighted by atomic mass is 9.90. The number of phenolic OH excluding ortho intramolecular Hbond substituents is 1. The van der Waals surface area contributed by atoms with Gasteiger partial charge in [0.2, 0.25) is 5.91 Å². The number of benzene rings is 2. The molecule has 0 heterocycles. The molecule has 0 aliphatic carbocycles. The van der Waals surface area contributed by atoms with E-state index in [2.05, 4.69) is 5.32 Å². The quantitative estimate of drug-likeness (QED) is 0.534. The van der Waals surface area contributed by atoms with Crippen molar-refractivity contribution in [3.8, 4) is 5.75 Å². The summed E-state index contributed by atoms with van der Waals surface area (Å²) in [6, 6.07) is 15.4. The van der Waals surface area contributed by atoms with Crippen LogP contribution in [0.1, 0.15) is 15.9 Å². The molecular formula is C18H19NO4. The lowest BCUT2D eigenvalue weighted by molar-refractivity contribution is -0.123. The molecule has 0 saturated carbocycles. The highest BCUT2D eigenvalue weighted by Crippen LogP contribution is 2.22. The maximum absolute atomic E-state index is 12.7. The Morgan fingerprint density at radius 3 is 2.30 bits per heavy atom. The number of para-hydroxylation sites is 1. The molecule has 0 bridgehead atoms. The zero-order chi connectivity index (χ0) is 16.7. The van der Waals surface area contributed by atoms with Crippen LogP contribution in [0.25, 0.3) is 0 Å². The molecule has 3 N–H and O–H groups in total. The van der Waals surface area contributed by atoms with E-state index >= 15 is 0 Å². The van der Waals surface area contributed by atoms with E-state index in [0.29, 0.717) is 0 Å². The molecule has 0 saturated heterocycles. The minimum Gasteiger partial charge on any atom is -0.507 e. The smallest absolute Gasteiger partial charge is 0.231 e.